The molecule has 0 bridgehead atoms. The molecule has 1 saturated heterocycles. The van der Waals surface area contributed by atoms with Crippen LogP contribution >= 0.6 is 0 Å². The predicted octanol–water partition coefficient (Wildman–Crippen LogP) is 2.20. The zero-order valence-corrected chi connectivity index (χ0v) is 19.6. The maximum Gasteiger partial charge on any atom is 0.295 e. The van der Waals surface area contributed by atoms with E-state index in [2.05, 4.69) is 5.32 Å². The van der Waals surface area contributed by atoms with Gasteiger partial charge in [0.2, 0.25) is 5.91 Å². The number of anilines is 1. The fraction of sp³-hybridized carbons (Fsp3) is 0.200. The molecule has 0 aliphatic carbocycles. The van der Waals surface area contributed by atoms with E-state index in [1.807, 2.05) is 0 Å². The maximum absolute atomic E-state index is 13.4. The molecule has 1 aliphatic heterocycles. The van der Waals surface area contributed by atoms with E-state index in [4.69, 9.17) is 4.84 Å². The van der Waals surface area contributed by atoms with Crippen molar-refractivity contribution in [1.82, 2.24) is 10.2 Å². The monoisotopic (exact) mass is 495 g/mol. The molecule has 2 N–H and O–H groups in total. The van der Waals surface area contributed by atoms with Crippen LogP contribution in [-0.2, 0) is 14.8 Å². The van der Waals surface area contributed by atoms with Crippen LogP contribution < -0.4 is 14.6 Å². The number of nitrogens with one attached hydrogen (secondary N) is 1. The molecule has 1 unspecified atom stereocenters. The lowest BCUT2D eigenvalue weighted by molar-refractivity contribution is -0.129. The molecule has 3 aromatic rings. The number of sulfonamides is 1. The van der Waals surface area contributed by atoms with E-state index in [0.717, 1.165) is 4.47 Å². The number of hydrogen-bond donors (Lipinski definition) is 2. The van der Waals surface area contributed by atoms with Gasteiger partial charge in [0.25, 0.3) is 15.9 Å². The lowest BCUT2D eigenvalue weighted by Gasteiger charge is -2.24. The SMILES string of the molecule is O=C(NCC(=O)N1CCC(O)C1)c1ccc(S(=O)(=O)N(Oc2ccccc2)c2ccccc2)cc1. The standard InChI is InChI=1S/C25H25N3O6S/c29-21-15-16-27(18-21)24(30)17-26-25(31)19-11-13-23(14-12-19)35(32,33)28(20-7-3-1-4-8-20)34-22-9-5-2-6-10-22/h1-14,21,29H,15-18H2,(H,26,31). The van der Waals surface area contributed by atoms with Crippen molar-refractivity contribution in [3.8, 4) is 5.75 Å². The molecule has 1 aliphatic rings. The third kappa shape index (κ3) is 5.79. The van der Waals surface area contributed by atoms with Gasteiger partial charge in [-0.1, -0.05) is 40.9 Å². The summed E-state index contributed by atoms with van der Waals surface area (Å²) in [6.45, 7) is 0.494. The van der Waals surface area contributed by atoms with E-state index in [1.165, 1.54) is 29.2 Å². The number of carbonyl (C=O) groups is 2. The van der Waals surface area contributed by atoms with Gasteiger partial charge in [-0.25, -0.2) is 0 Å². The summed E-state index contributed by atoms with van der Waals surface area (Å²) in [7, 11) is -4.14. The Balaban J connectivity index is 1.48. The Morgan fingerprint density at radius 1 is 0.971 bits per heavy atom. The van der Waals surface area contributed by atoms with Crippen molar-refractivity contribution in [2.75, 3.05) is 24.1 Å². The van der Waals surface area contributed by atoms with Crippen LogP contribution in [-0.4, -0.2) is 56.0 Å². The van der Waals surface area contributed by atoms with Crippen LogP contribution in [0.3, 0.4) is 0 Å². The van der Waals surface area contributed by atoms with Crippen LogP contribution in [0, 0.1) is 0 Å². The zero-order valence-electron chi connectivity index (χ0n) is 18.8. The Bertz CT molecular complexity index is 1270. The van der Waals surface area contributed by atoms with E-state index in [9.17, 15) is 23.1 Å². The minimum Gasteiger partial charge on any atom is -0.391 e. The van der Waals surface area contributed by atoms with E-state index < -0.39 is 22.0 Å². The molecule has 35 heavy (non-hydrogen) atoms. The normalized spacial score (nSPS) is 15.5. The first-order valence-electron chi connectivity index (χ1n) is 11.0. The summed E-state index contributed by atoms with van der Waals surface area (Å²) in [5, 5.41) is 12.1. The van der Waals surface area contributed by atoms with Crippen LogP contribution in [0.2, 0.25) is 0 Å². The molecule has 4 rings (SSSR count). The molecule has 0 spiro atoms. The first kappa shape index (κ1) is 24.2. The Kier molecular flexibility index (Phi) is 7.33. The number of likely N-dealkylation sites (tertiary alicyclic amines) is 1. The molecule has 2 amide bonds. The number of carbonyl (C=O) groups excluding carboxylic acids is 2. The first-order valence-corrected chi connectivity index (χ1v) is 12.5. The number of nitrogens with zero attached hydrogens (tertiary/aromatic N) is 2. The molecule has 0 radical (unpaired) electrons. The van der Waals surface area contributed by atoms with Crippen LogP contribution in [0.4, 0.5) is 5.69 Å². The number of aliphatic hydroxyl groups excluding tert-OH is 1. The molecular formula is C25H25N3O6S. The fourth-order valence-electron chi connectivity index (χ4n) is 3.58. The molecule has 1 fully saturated rings. The second-order valence-electron chi connectivity index (χ2n) is 7.96. The van der Waals surface area contributed by atoms with Crippen LogP contribution in [0.15, 0.2) is 89.8 Å². The average molecular weight is 496 g/mol. The summed E-state index contributed by atoms with van der Waals surface area (Å²) in [5.74, 6) is -0.459. The van der Waals surface area contributed by atoms with Crippen molar-refractivity contribution in [2.45, 2.75) is 17.4 Å². The van der Waals surface area contributed by atoms with E-state index in [0.29, 0.717) is 24.4 Å². The van der Waals surface area contributed by atoms with Gasteiger partial charge in [0.15, 0.2) is 5.75 Å². The minimum absolute atomic E-state index is 0.0732. The number of aliphatic hydroxyl groups is 1. The van der Waals surface area contributed by atoms with Gasteiger partial charge in [-0.2, -0.15) is 8.42 Å². The third-order valence-corrected chi connectivity index (χ3v) is 7.04. The Morgan fingerprint density at radius 3 is 2.20 bits per heavy atom. The number of benzene rings is 3. The van der Waals surface area contributed by atoms with Crippen LogP contribution in [0.25, 0.3) is 0 Å². The number of amides is 2. The highest BCUT2D eigenvalue weighted by atomic mass is 32.2. The van der Waals surface area contributed by atoms with Gasteiger partial charge < -0.3 is 20.2 Å². The van der Waals surface area contributed by atoms with Gasteiger partial charge in [-0.3, -0.25) is 9.59 Å². The predicted molar refractivity (Wildman–Crippen MR) is 129 cm³/mol. The van der Waals surface area contributed by atoms with E-state index in [1.54, 1.807) is 60.7 Å². The lowest BCUT2D eigenvalue weighted by Crippen LogP contribution is -2.39. The molecule has 1 heterocycles. The van der Waals surface area contributed by atoms with Gasteiger partial charge in [-0.15, -0.1) is 0 Å². The minimum atomic E-state index is -4.14. The molecule has 0 saturated carbocycles. The van der Waals surface area contributed by atoms with Gasteiger partial charge in [0, 0.05) is 18.7 Å². The highest BCUT2D eigenvalue weighted by Gasteiger charge is 2.28. The average Bonchev–Trinajstić information content (AvgIpc) is 3.33. The summed E-state index contributed by atoms with van der Waals surface area (Å²) in [4.78, 5) is 31.8. The topological polar surface area (TPSA) is 116 Å². The second-order valence-corrected chi connectivity index (χ2v) is 9.71. The number of β-amino-alcohol motifs (C(OH)–C–C–N with tert-alkyl or cyclic N) is 1. The Labute approximate surface area is 203 Å². The van der Waals surface area contributed by atoms with Crippen molar-refractivity contribution < 1.29 is 28.0 Å². The molecule has 9 nitrogen and oxygen atoms in total. The van der Waals surface area contributed by atoms with Gasteiger partial charge in [0.05, 0.1) is 23.2 Å². The van der Waals surface area contributed by atoms with Crippen molar-refractivity contribution in [3.63, 3.8) is 0 Å². The molecular weight excluding hydrogens is 470 g/mol. The summed E-state index contributed by atoms with van der Waals surface area (Å²) in [6.07, 6.45) is -0.0191. The Morgan fingerprint density at radius 2 is 1.60 bits per heavy atom. The van der Waals surface area contributed by atoms with Crippen molar-refractivity contribution in [3.05, 3.63) is 90.5 Å². The van der Waals surface area contributed by atoms with Crippen molar-refractivity contribution >= 4 is 27.5 Å². The maximum atomic E-state index is 13.4. The number of para-hydroxylation sites is 2. The Hall–Kier alpha value is -3.89. The molecule has 182 valence electrons. The van der Waals surface area contributed by atoms with Crippen LogP contribution in [0.1, 0.15) is 16.8 Å². The van der Waals surface area contributed by atoms with Gasteiger partial charge >= 0.3 is 0 Å². The van der Waals surface area contributed by atoms with E-state index in [-0.39, 0.29) is 29.5 Å². The zero-order chi connectivity index (χ0) is 24.8. The highest BCUT2D eigenvalue weighted by molar-refractivity contribution is 7.92. The summed E-state index contributed by atoms with van der Waals surface area (Å²) in [6, 6.07) is 22.3. The smallest absolute Gasteiger partial charge is 0.295 e. The van der Waals surface area contributed by atoms with Crippen LogP contribution in [0.5, 0.6) is 5.75 Å². The summed E-state index contributed by atoms with van der Waals surface area (Å²) < 4.78 is 27.7. The molecule has 10 heteroatoms. The lowest BCUT2D eigenvalue weighted by atomic mass is 10.2. The van der Waals surface area contributed by atoms with Gasteiger partial charge in [-0.05, 0) is 55.0 Å². The first-order chi connectivity index (χ1) is 16.8. The molecule has 3 aromatic carbocycles. The summed E-state index contributed by atoms with van der Waals surface area (Å²) >= 11 is 0. The molecule has 0 aromatic heterocycles. The second kappa shape index (κ2) is 10.6. The van der Waals surface area contributed by atoms with E-state index >= 15 is 0 Å². The van der Waals surface area contributed by atoms with Crippen molar-refractivity contribution in [1.29, 1.82) is 0 Å². The largest absolute Gasteiger partial charge is 0.391 e. The number of rotatable bonds is 8. The fourth-order valence-corrected chi connectivity index (χ4v) is 4.83. The summed E-state index contributed by atoms with van der Waals surface area (Å²) in [5.41, 5.74) is 0.511. The van der Waals surface area contributed by atoms with Gasteiger partial charge in [0.1, 0.15) is 0 Å². The number of hydrogen-bond acceptors (Lipinski definition) is 6. The molecule has 1 atom stereocenters. The quantitative estimate of drug-likeness (QED) is 0.463. The highest BCUT2D eigenvalue weighted by Crippen LogP contribution is 2.26. The third-order valence-electron chi connectivity index (χ3n) is 5.45. The van der Waals surface area contributed by atoms with Crippen molar-refractivity contribution in [2.24, 2.45) is 0 Å².